The van der Waals surface area contributed by atoms with E-state index < -0.39 is 0 Å². The van der Waals surface area contributed by atoms with Gasteiger partial charge in [0.1, 0.15) is 11.3 Å². The Morgan fingerprint density at radius 3 is 2.43 bits per heavy atom. The molecule has 1 heterocycles. The lowest BCUT2D eigenvalue weighted by atomic mass is 10.0. The fraction of sp³-hybridized carbons (Fsp3) is 0.167. The van der Waals surface area contributed by atoms with E-state index in [2.05, 4.69) is 10.3 Å². The van der Waals surface area contributed by atoms with Crippen molar-refractivity contribution < 1.29 is 4.39 Å². The summed E-state index contributed by atoms with van der Waals surface area (Å²) in [5.74, 6) is -0.279. The molecule has 0 radical (unpaired) electrons. The summed E-state index contributed by atoms with van der Waals surface area (Å²) in [6.07, 6.45) is 0. The van der Waals surface area contributed by atoms with Crippen molar-refractivity contribution in [2.24, 2.45) is 0 Å². The van der Waals surface area contributed by atoms with Gasteiger partial charge < -0.3 is 5.32 Å². The van der Waals surface area contributed by atoms with Crippen molar-refractivity contribution in [3.8, 4) is 11.3 Å². The summed E-state index contributed by atoms with van der Waals surface area (Å²) in [5.41, 5.74) is 5.07. The second kappa shape index (κ2) is 5.17. The molecule has 3 aromatic rings. The minimum atomic E-state index is -0.279. The lowest BCUT2D eigenvalue weighted by Gasteiger charge is -2.15. The summed E-state index contributed by atoms with van der Waals surface area (Å²) in [6, 6.07) is 13.4. The van der Waals surface area contributed by atoms with Gasteiger partial charge in [0.05, 0.1) is 5.69 Å². The van der Waals surface area contributed by atoms with Crippen LogP contribution in [-0.2, 0) is 0 Å². The molecule has 0 saturated carbocycles. The zero-order valence-electron chi connectivity index (χ0n) is 12.4. The summed E-state index contributed by atoms with van der Waals surface area (Å²) in [7, 11) is 1.86. The molecule has 0 atom stereocenters. The topological polar surface area (TPSA) is 24.9 Å². The highest BCUT2D eigenvalue weighted by atomic mass is 19.1. The minimum absolute atomic E-state index is 0.279. The Balaban J connectivity index is 2.41. The van der Waals surface area contributed by atoms with Crippen LogP contribution in [0.15, 0.2) is 42.5 Å². The van der Waals surface area contributed by atoms with Crippen LogP contribution < -0.4 is 5.32 Å². The number of halogens is 1. The van der Waals surface area contributed by atoms with Gasteiger partial charge in [-0.15, -0.1) is 0 Å². The van der Waals surface area contributed by atoms with E-state index >= 15 is 0 Å². The van der Waals surface area contributed by atoms with E-state index in [4.69, 9.17) is 0 Å². The Labute approximate surface area is 123 Å². The zero-order chi connectivity index (χ0) is 15.0. The number of aryl methyl sites for hydroxylation is 1. The Kier molecular flexibility index (Phi) is 3.34. The summed E-state index contributed by atoms with van der Waals surface area (Å²) in [5, 5.41) is 4.02. The third-order valence-electron chi connectivity index (χ3n) is 3.73. The van der Waals surface area contributed by atoms with E-state index in [1.54, 1.807) is 0 Å². The fourth-order valence-electron chi connectivity index (χ4n) is 2.75. The van der Waals surface area contributed by atoms with Crippen molar-refractivity contribution in [3.05, 3.63) is 59.4 Å². The Hall–Kier alpha value is -2.42. The molecule has 21 heavy (non-hydrogen) atoms. The maximum Gasteiger partial charge on any atom is 0.149 e. The number of anilines is 1. The van der Waals surface area contributed by atoms with Crippen LogP contribution in [0.1, 0.15) is 11.1 Å². The SMILES string of the molecule is CNc1c(C)c(-c2ccccc2)nc2c(F)cc(C)cc12. The standard InChI is InChI=1S/C18H17FN2/c1-11-9-14-17(20-3)12(2)16(13-7-5-4-6-8-13)21-18(14)15(19)10-11/h4-10H,1-3H3,(H,20,21). The average Bonchev–Trinajstić information content (AvgIpc) is 2.47. The summed E-state index contributed by atoms with van der Waals surface area (Å²) in [6.45, 7) is 3.91. The predicted molar refractivity (Wildman–Crippen MR) is 86.2 cm³/mol. The second-order valence-corrected chi connectivity index (χ2v) is 5.22. The highest BCUT2D eigenvalue weighted by molar-refractivity contribution is 5.96. The first-order valence-electron chi connectivity index (χ1n) is 6.95. The molecule has 0 aliphatic rings. The van der Waals surface area contributed by atoms with Crippen LogP contribution in [0.3, 0.4) is 0 Å². The molecule has 0 aliphatic heterocycles. The number of nitrogens with zero attached hydrogens (tertiary/aromatic N) is 1. The normalized spacial score (nSPS) is 10.9. The lowest BCUT2D eigenvalue weighted by Crippen LogP contribution is -2.00. The number of hydrogen-bond donors (Lipinski definition) is 1. The molecule has 2 aromatic carbocycles. The van der Waals surface area contributed by atoms with Crippen molar-refractivity contribution in [3.63, 3.8) is 0 Å². The molecule has 0 amide bonds. The Morgan fingerprint density at radius 1 is 1.05 bits per heavy atom. The number of hydrogen-bond acceptors (Lipinski definition) is 2. The number of nitrogens with one attached hydrogen (secondary N) is 1. The zero-order valence-corrected chi connectivity index (χ0v) is 12.4. The van der Waals surface area contributed by atoms with Gasteiger partial charge in [0, 0.05) is 23.7 Å². The monoisotopic (exact) mass is 280 g/mol. The van der Waals surface area contributed by atoms with Gasteiger partial charge in [-0.25, -0.2) is 9.37 Å². The number of fused-ring (bicyclic) bond motifs is 1. The molecular weight excluding hydrogens is 263 g/mol. The molecule has 0 saturated heterocycles. The second-order valence-electron chi connectivity index (χ2n) is 5.22. The van der Waals surface area contributed by atoms with E-state index in [1.807, 2.05) is 57.3 Å². The summed E-state index contributed by atoms with van der Waals surface area (Å²) in [4.78, 5) is 4.58. The van der Waals surface area contributed by atoms with E-state index in [9.17, 15) is 4.39 Å². The van der Waals surface area contributed by atoms with Crippen molar-refractivity contribution in [2.75, 3.05) is 12.4 Å². The summed E-state index contributed by atoms with van der Waals surface area (Å²) < 4.78 is 14.3. The van der Waals surface area contributed by atoms with Gasteiger partial charge in [-0.2, -0.15) is 0 Å². The molecule has 0 bridgehead atoms. The molecule has 2 nitrogen and oxygen atoms in total. The van der Waals surface area contributed by atoms with Gasteiger partial charge in [0.25, 0.3) is 0 Å². The average molecular weight is 280 g/mol. The Bertz CT molecular complexity index is 811. The smallest absolute Gasteiger partial charge is 0.149 e. The van der Waals surface area contributed by atoms with Gasteiger partial charge in [-0.1, -0.05) is 30.3 Å². The molecule has 3 rings (SSSR count). The van der Waals surface area contributed by atoms with Crippen LogP contribution in [0.5, 0.6) is 0 Å². The molecule has 0 unspecified atom stereocenters. The third-order valence-corrected chi connectivity index (χ3v) is 3.73. The van der Waals surface area contributed by atoms with E-state index in [-0.39, 0.29) is 5.82 Å². The van der Waals surface area contributed by atoms with Crippen molar-refractivity contribution >= 4 is 16.6 Å². The Morgan fingerprint density at radius 2 is 1.76 bits per heavy atom. The lowest BCUT2D eigenvalue weighted by molar-refractivity contribution is 0.636. The minimum Gasteiger partial charge on any atom is -0.387 e. The predicted octanol–water partition coefficient (Wildman–Crippen LogP) is 4.70. The number of benzene rings is 2. The van der Waals surface area contributed by atoms with Gasteiger partial charge in [-0.05, 0) is 37.1 Å². The summed E-state index contributed by atoms with van der Waals surface area (Å²) >= 11 is 0. The number of rotatable bonds is 2. The van der Waals surface area contributed by atoms with Gasteiger partial charge in [-0.3, -0.25) is 0 Å². The van der Waals surface area contributed by atoms with Crippen LogP contribution in [0.2, 0.25) is 0 Å². The van der Waals surface area contributed by atoms with Crippen molar-refractivity contribution in [1.82, 2.24) is 4.98 Å². The maximum atomic E-state index is 14.3. The van der Waals surface area contributed by atoms with E-state index in [0.717, 1.165) is 33.5 Å². The maximum absolute atomic E-state index is 14.3. The van der Waals surface area contributed by atoms with Gasteiger partial charge in [0.15, 0.2) is 0 Å². The molecular formula is C18H17FN2. The van der Waals surface area contributed by atoms with E-state index in [1.165, 1.54) is 6.07 Å². The van der Waals surface area contributed by atoms with E-state index in [0.29, 0.717) is 5.52 Å². The number of aromatic nitrogens is 1. The molecule has 1 N–H and O–H groups in total. The van der Waals surface area contributed by atoms with Crippen molar-refractivity contribution in [2.45, 2.75) is 13.8 Å². The van der Waals surface area contributed by atoms with Crippen LogP contribution in [0, 0.1) is 19.7 Å². The van der Waals surface area contributed by atoms with Crippen LogP contribution >= 0.6 is 0 Å². The first-order valence-corrected chi connectivity index (χ1v) is 6.95. The van der Waals surface area contributed by atoms with Crippen molar-refractivity contribution in [1.29, 1.82) is 0 Å². The largest absolute Gasteiger partial charge is 0.387 e. The molecule has 3 heteroatoms. The third kappa shape index (κ3) is 2.25. The molecule has 0 aliphatic carbocycles. The molecule has 1 aromatic heterocycles. The fourth-order valence-corrected chi connectivity index (χ4v) is 2.75. The van der Waals surface area contributed by atoms with Crippen LogP contribution in [0.4, 0.5) is 10.1 Å². The van der Waals surface area contributed by atoms with Gasteiger partial charge >= 0.3 is 0 Å². The van der Waals surface area contributed by atoms with Gasteiger partial charge in [0.2, 0.25) is 0 Å². The number of pyridine rings is 1. The van der Waals surface area contributed by atoms with Crippen LogP contribution in [-0.4, -0.2) is 12.0 Å². The molecule has 0 fully saturated rings. The first-order chi connectivity index (χ1) is 10.1. The first kappa shape index (κ1) is 13.6. The molecule has 0 spiro atoms. The highest BCUT2D eigenvalue weighted by Gasteiger charge is 2.15. The highest BCUT2D eigenvalue weighted by Crippen LogP contribution is 2.34. The quantitative estimate of drug-likeness (QED) is 0.736. The van der Waals surface area contributed by atoms with Crippen LogP contribution in [0.25, 0.3) is 22.2 Å². The molecule has 106 valence electrons.